The Morgan fingerprint density at radius 3 is 2.33 bits per heavy atom. The minimum absolute atomic E-state index is 0.0656. The Balaban J connectivity index is 3.67. The second kappa shape index (κ2) is 4.24. The predicted octanol–water partition coefficient (Wildman–Crippen LogP) is 1.79. The van der Waals surface area contributed by atoms with E-state index < -0.39 is 11.5 Å². The highest BCUT2D eigenvalue weighted by molar-refractivity contribution is 6.43. The van der Waals surface area contributed by atoms with Crippen molar-refractivity contribution >= 4 is 29.2 Å². The van der Waals surface area contributed by atoms with E-state index in [4.69, 9.17) is 23.2 Å². The van der Waals surface area contributed by atoms with Gasteiger partial charge in [-0.25, -0.2) is 4.79 Å². The summed E-state index contributed by atoms with van der Waals surface area (Å²) in [6, 6.07) is 0. The number of carbonyl (C=O) groups excluding carboxylic acids is 1. The highest BCUT2D eigenvalue weighted by Crippen LogP contribution is 2.25. The van der Waals surface area contributed by atoms with E-state index in [0.29, 0.717) is 5.69 Å². The molecule has 0 bridgehead atoms. The van der Waals surface area contributed by atoms with E-state index in [-0.39, 0.29) is 15.6 Å². The van der Waals surface area contributed by atoms with Gasteiger partial charge in [0.25, 0.3) is 5.56 Å². The van der Waals surface area contributed by atoms with Gasteiger partial charge in [-0.05, 0) is 6.92 Å². The first-order chi connectivity index (χ1) is 6.91. The molecule has 4 nitrogen and oxygen atoms in total. The molecule has 6 heteroatoms. The standard InChI is InChI=1S/C9H9Cl2NO3/c1-4-5(9(14)15-3)6(10)7(11)8(13)12(4)2/h1-3H3. The van der Waals surface area contributed by atoms with E-state index in [2.05, 4.69) is 4.74 Å². The summed E-state index contributed by atoms with van der Waals surface area (Å²) in [5.41, 5.74) is 0.0966. The Morgan fingerprint density at radius 1 is 1.33 bits per heavy atom. The molecule has 0 radical (unpaired) electrons. The lowest BCUT2D eigenvalue weighted by atomic mass is 10.2. The first kappa shape index (κ1) is 12.1. The lowest BCUT2D eigenvalue weighted by Gasteiger charge is -2.11. The highest BCUT2D eigenvalue weighted by Gasteiger charge is 2.21. The van der Waals surface area contributed by atoms with Crippen molar-refractivity contribution in [2.75, 3.05) is 7.11 Å². The van der Waals surface area contributed by atoms with Crippen molar-refractivity contribution in [1.29, 1.82) is 0 Å². The van der Waals surface area contributed by atoms with Crippen LogP contribution in [0.4, 0.5) is 0 Å². The Hall–Kier alpha value is -1.00. The van der Waals surface area contributed by atoms with Gasteiger partial charge in [0.15, 0.2) is 0 Å². The predicted molar refractivity (Wildman–Crippen MR) is 57.8 cm³/mol. The maximum absolute atomic E-state index is 11.5. The third kappa shape index (κ3) is 1.87. The number of rotatable bonds is 1. The second-order valence-electron chi connectivity index (χ2n) is 2.94. The molecule has 0 spiro atoms. The number of methoxy groups -OCH3 is 1. The minimum Gasteiger partial charge on any atom is -0.465 e. The zero-order valence-electron chi connectivity index (χ0n) is 8.43. The molecule has 1 heterocycles. The Kier molecular flexibility index (Phi) is 3.42. The number of carbonyl (C=O) groups is 1. The number of hydrogen-bond donors (Lipinski definition) is 0. The summed E-state index contributed by atoms with van der Waals surface area (Å²) >= 11 is 11.5. The molecule has 0 saturated carbocycles. The van der Waals surface area contributed by atoms with Crippen molar-refractivity contribution in [3.8, 4) is 0 Å². The van der Waals surface area contributed by atoms with Crippen LogP contribution in [0, 0.1) is 6.92 Å². The largest absolute Gasteiger partial charge is 0.465 e. The second-order valence-corrected chi connectivity index (χ2v) is 3.70. The maximum Gasteiger partial charge on any atom is 0.341 e. The molecule has 82 valence electrons. The average Bonchev–Trinajstić information content (AvgIpc) is 2.23. The van der Waals surface area contributed by atoms with Crippen molar-refractivity contribution < 1.29 is 9.53 Å². The zero-order valence-corrected chi connectivity index (χ0v) is 9.94. The van der Waals surface area contributed by atoms with Gasteiger partial charge in [0.05, 0.1) is 17.7 Å². The fraction of sp³-hybridized carbons (Fsp3) is 0.333. The maximum atomic E-state index is 11.5. The molecule has 0 aliphatic heterocycles. The molecule has 1 aromatic rings. The van der Waals surface area contributed by atoms with E-state index in [1.54, 1.807) is 6.92 Å². The normalized spacial score (nSPS) is 10.2. The summed E-state index contributed by atoms with van der Waals surface area (Å²) in [6.07, 6.45) is 0. The summed E-state index contributed by atoms with van der Waals surface area (Å²) in [6.45, 7) is 1.59. The number of pyridine rings is 1. The van der Waals surface area contributed by atoms with Gasteiger partial charge in [-0.15, -0.1) is 0 Å². The minimum atomic E-state index is -0.616. The van der Waals surface area contributed by atoms with Crippen molar-refractivity contribution in [3.05, 3.63) is 31.7 Å². The molecule has 0 atom stereocenters. The Bertz CT molecular complexity index is 447. The Morgan fingerprint density at radius 2 is 1.87 bits per heavy atom. The summed E-state index contributed by atoms with van der Waals surface area (Å²) in [7, 11) is 2.74. The molecule has 1 rings (SSSR count). The highest BCUT2D eigenvalue weighted by atomic mass is 35.5. The fourth-order valence-corrected chi connectivity index (χ4v) is 1.69. The molecular weight excluding hydrogens is 241 g/mol. The van der Waals surface area contributed by atoms with Crippen LogP contribution in [0.1, 0.15) is 16.1 Å². The first-order valence-corrected chi connectivity index (χ1v) is 4.80. The molecule has 0 saturated heterocycles. The lowest BCUT2D eigenvalue weighted by Crippen LogP contribution is -2.23. The van der Waals surface area contributed by atoms with Crippen molar-refractivity contribution in [1.82, 2.24) is 4.57 Å². The molecule has 0 aromatic carbocycles. The van der Waals surface area contributed by atoms with E-state index in [1.165, 1.54) is 18.7 Å². The van der Waals surface area contributed by atoms with Crippen LogP contribution in [-0.4, -0.2) is 17.6 Å². The molecule has 0 N–H and O–H groups in total. The molecule has 1 aromatic heterocycles. The molecular formula is C9H9Cl2NO3. The molecule has 0 aliphatic carbocycles. The van der Waals surface area contributed by atoms with Crippen LogP contribution in [0.2, 0.25) is 10.0 Å². The van der Waals surface area contributed by atoms with Gasteiger partial charge in [-0.3, -0.25) is 4.79 Å². The third-order valence-electron chi connectivity index (χ3n) is 2.16. The van der Waals surface area contributed by atoms with Gasteiger partial charge in [-0.2, -0.15) is 0 Å². The van der Waals surface area contributed by atoms with Gasteiger partial charge in [0.2, 0.25) is 0 Å². The molecule has 15 heavy (non-hydrogen) atoms. The summed E-state index contributed by atoms with van der Waals surface area (Å²) < 4.78 is 5.80. The quantitative estimate of drug-likeness (QED) is 0.714. The van der Waals surface area contributed by atoms with Gasteiger partial charge in [0, 0.05) is 12.7 Å². The third-order valence-corrected chi connectivity index (χ3v) is 2.98. The van der Waals surface area contributed by atoms with Crippen LogP contribution in [0.5, 0.6) is 0 Å². The first-order valence-electron chi connectivity index (χ1n) is 4.04. The van der Waals surface area contributed by atoms with E-state index in [9.17, 15) is 9.59 Å². The zero-order chi connectivity index (χ0) is 11.7. The van der Waals surface area contributed by atoms with Crippen molar-refractivity contribution in [2.45, 2.75) is 6.92 Å². The smallest absolute Gasteiger partial charge is 0.341 e. The number of esters is 1. The van der Waals surface area contributed by atoms with E-state index in [0.717, 1.165) is 0 Å². The van der Waals surface area contributed by atoms with E-state index in [1.807, 2.05) is 0 Å². The SMILES string of the molecule is COC(=O)c1c(Cl)c(Cl)c(=O)n(C)c1C. The number of ether oxygens (including phenoxy) is 1. The molecule has 0 fully saturated rings. The van der Waals surface area contributed by atoms with Gasteiger partial charge in [-0.1, -0.05) is 23.2 Å². The number of halogens is 2. The van der Waals surface area contributed by atoms with Gasteiger partial charge in [0.1, 0.15) is 5.02 Å². The Labute approximate surface area is 96.4 Å². The van der Waals surface area contributed by atoms with Crippen LogP contribution < -0.4 is 5.56 Å². The molecule has 0 unspecified atom stereocenters. The van der Waals surface area contributed by atoms with Gasteiger partial charge >= 0.3 is 5.97 Å². The summed E-state index contributed by atoms with van der Waals surface area (Å²) in [5.74, 6) is -0.616. The van der Waals surface area contributed by atoms with Crippen LogP contribution in [0.15, 0.2) is 4.79 Å². The van der Waals surface area contributed by atoms with Crippen LogP contribution >= 0.6 is 23.2 Å². The monoisotopic (exact) mass is 249 g/mol. The molecule has 0 aliphatic rings. The van der Waals surface area contributed by atoms with Crippen LogP contribution in [0.25, 0.3) is 0 Å². The molecule has 0 amide bonds. The fourth-order valence-electron chi connectivity index (χ4n) is 1.17. The van der Waals surface area contributed by atoms with Crippen LogP contribution in [0.3, 0.4) is 0 Å². The topological polar surface area (TPSA) is 48.3 Å². The van der Waals surface area contributed by atoms with Gasteiger partial charge < -0.3 is 9.30 Å². The van der Waals surface area contributed by atoms with Crippen LogP contribution in [-0.2, 0) is 11.8 Å². The summed E-state index contributed by atoms with van der Waals surface area (Å²) in [5, 5.41) is -0.241. The summed E-state index contributed by atoms with van der Waals surface area (Å²) in [4.78, 5) is 22.9. The average molecular weight is 250 g/mol. The number of nitrogens with zero attached hydrogens (tertiary/aromatic N) is 1. The number of hydrogen-bond acceptors (Lipinski definition) is 3. The lowest BCUT2D eigenvalue weighted by molar-refractivity contribution is 0.0599. The van der Waals surface area contributed by atoms with Crippen molar-refractivity contribution in [3.63, 3.8) is 0 Å². The van der Waals surface area contributed by atoms with E-state index >= 15 is 0 Å². The number of aromatic nitrogens is 1. The van der Waals surface area contributed by atoms with Crippen molar-refractivity contribution in [2.24, 2.45) is 7.05 Å².